The molecule has 0 spiro atoms. The number of amides is 1. The van der Waals surface area contributed by atoms with Crippen molar-refractivity contribution in [2.75, 3.05) is 24.2 Å². The van der Waals surface area contributed by atoms with Gasteiger partial charge >= 0.3 is 0 Å². The number of nitrogens with zero attached hydrogens (tertiary/aromatic N) is 2. The number of anilines is 2. The fourth-order valence-corrected chi connectivity index (χ4v) is 1.20. The fourth-order valence-electron chi connectivity index (χ4n) is 1.20. The maximum absolute atomic E-state index is 10.7. The second-order valence-electron chi connectivity index (χ2n) is 3.21. The molecule has 78 valence electrons. The number of hydrogen-bond acceptors (Lipinski definition) is 4. The van der Waals surface area contributed by atoms with E-state index in [9.17, 15) is 4.79 Å². The number of carbonyl (C=O) groups excluding carboxylic acids is 1. The van der Waals surface area contributed by atoms with Crippen LogP contribution >= 0.6 is 0 Å². The van der Waals surface area contributed by atoms with Crippen LogP contribution in [0.25, 0.3) is 0 Å². The predicted molar refractivity (Wildman–Crippen MR) is 58.0 cm³/mol. The van der Waals surface area contributed by atoms with Crippen LogP contribution in [0.15, 0.2) is 18.2 Å². The predicted octanol–water partition coefficient (Wildman–Crippen LogP) is 0.0620. The topological polar surface area (TPSA) is 96.1 Å². The van der Waals surface area contributed by atoms with Crippen LogP contribution in [-0.4, -0.2) is 19.5 Å². The molecule has 1 aromatic rings. The Hall–Kier alpha value is -2.22. The first-order chi connectivity index (χ1) is 7.04. The molecule has 0 aliphatic carbocycles. The quantitative estimate of drug-likeness (QED) is 0.680. The molecule has 0 saturated heterocycles. The van der Waals surface area contributed by atoms with E-state index in [0.29, 0.717) is 11.3 Å². The maximum Gasteiger partial charge on any atom is 0.236 e. The Bertz CT molecular complexity index is 422. The summed E-state index contributed by atoms with van der Waals surface area (Å²) in [5.74, 6) is -0.423. The maximum atomic E-state index is 10.7. The Labute approximate surface area is 87.9 Å². The lowest BCUT2D eigenvalue weighted by atomic mass is 10.1. The van der Waals surface area contributed by atoms with Crippen molar-refractivity contribution in [2.24, 2.45) is 5.73 Å². The Kier molecular flexibility index (Phi) is 3.13. The van der Waals surface area contributed by atoms with Crippen molar-refractivity contribution in [3.63, 3.8) is 0 Å². The van der Waals surface area contributed by atoms with Gasteiger partial charge in [0.25, 0.3) is 0 Å². The Balaban J connectivity index is 2.96. The van der Waals surface area contributed by atoms with Crippen LogP contribution < -0.4 is 16.4 Å². The molecule has 0 bridgehead atoms. The van der Waals surface area contributed by atoms with Crippen molar-refractivity contribution in [3.05, 3.63) is 23.8 Å². The Morgan fingerprint density at radius 3 is 2.80 bits per heavy atom. The van der Waals surface area contributed by atoms with Crippen molar-refractivity contribution in [1.29, 1.82) is 5.26 Å². The van der Waals surface area contributed by atoms with Crippen LogP contribution in [0, 0.1) is 11.3 Å². The number of rotatable bonds is 3. The molecular weight excluding hydrogens is 192 g/mol. The molecule has 0 aliphatic rings. The van der Waals surface area contributed by atoms with Gasteiger partial charge < -0.3 is 16.4 Å². The first-order valence-corrected chi connectivity index (χ1v) is 4.33. The molecule has 5 heteroatoms. The molecular formula is C10H12N4O. The number of primary amides is 1. The Morgan fingerprint density at radius 2 is 2.27 bits per heavy atom. The summed E-state index contributed by atoms with van der Waals surface area (Å²) in [6.07, 6.45) is 0. The molecule has 5 nitrogen and oxygen atoms in total. The SMILES string of the molecule is CN(CC(N)=O)c1ccc(N)c(C#N)c1. The van der Waals surface area contributed by atoms with Crippen LogP contribution in [0.1, 0.15) is 5.56 Å². The summed E-state index contributed by atoms with van der Waals surface area (Å²) in [5.41, 5.74) is 12.2. The van der Waals surface area contributed by atoms with Crippen molar-refractivity contribution in [2.45, 2.75) is 0 Å². The van der Waals surface area contributed by atoms with E-state index in [2.05, 4.69) is 0 Å². The lowest BCUT2D eigenvalue weighted by Crippen LogP contribution is -2.30. The first kappa shape index (κ1) is 10.9. The normalized spacial score (nSPS) is 9.33. The number of nitriles is 1. The van der Waals surface area contributed by atoms with Crippen molar-refractivity contribution in [1.82, 2.24) is 0 Å². The number of nitrogens with two attached hydrogens (primary N) is 2. The van der Waals surface area contributed by atoms with Gasteiger partial charge in [-0.1, -0.05) is 0 Å². The molecule has 15 heavy (non-hydrogen) atoms. The minimum atomic E-state index is -0.423. The second kappa shape index (κ2) is 4.33. The summed E-state index contributed by atoms with van der Waals surface area (Å²) in [6.45, 7) is 0.106. The highest BCUT2D eigenvalue weighted by Crippen LogP contribution is 2.19. The molecule has 0 unspecified atom stereocenters. The van der Waals surface area contributed by atoms with Gasteiger partial charge in [-0.3, -0.25) is 4.79 Å². The minimum absolute atomic E-state index is 0.106. The second-order valence-corrected chi connectivity index (χ2v) is 3.21. The summed E-state index contributed by atoms with van der Waals surface area (Å²) in [7, 11) is 1.72. The van der Waals surface area contributed by atoms with Gasteiger partial charge in [-0.2, -0.15) is 5.26 Å². The highest BCUT2D eigenvalue weighted by Gasteiger charge is 2.06. The standard InChI is InChI=1S/C10H12N4O/c1-14(6-10(13)15)8-2-3-9(12)7(4-8)5-11/h2-4H,6,12H2,1H3,(H2,13,15). The largest absolute Gasteiger partial charge is 0.398 e. The van der Waals surface area contributed by atoms with Gasteiger partial charge in [-0.05, 0) is 18.2 Å². The van der Waals surface area contributed by atoms with Gasteiger partial charge in [0.05, 0.1) is 12.1 Å². The summed E-state index contributed by atoms with van der Waals surface area (Å²) in [6, 6.07) is 6.96. The number of carbonyl (C=O) groups is 1. The van der Waals surface area contributed by atoms with E-state index in [1.807, 2.05) is 6.07 Å². The van der Waals surface area contributed by atoms with Gasteiger partial charge in [0, 0.05) is 18.4 Å². The van der Waals surface area contributed by atoms with E-state index in [1.54, 1.807) is 30.1 Å². The summed E-state index contributed by atoms with van der Waals surface area (Å²) in [5, 5.41) is 8.77. The van der Waals surface area contributed by atoms with E-state index < -0.39 is 5.91 Å². The van der Waals surface area contributed by atoms with Crippen LogP contribution in [0.5, 0.6) is 0 Å². The van der Waals surface area contributed by atoms with Crippen molar-refractivity contribution in [3.8, 4) is 6.07 Å². The average molecular weight is 204 g/mol. The third-order valence-electron chi connectivity index (χ3n) is 1.99. The zero-order chi connectivity index (χ0) is 11.4. The summed E-state index contributed by atoms with van der Waals surface area (Å²) < 4.78 is 0. The third-order valence-corrected chi connectivity index (χ3v) is 1.99. The van der Waals surface area contributed by atoms with Gasteiger partial charge in [0.15, 0.2) is 0 Å². The molecule has 0 aliphatic heterocycles. The van der Waals surface area contributed by atoms with E-state index in [4.69, 9.17) is 16.7 Å². The van der Waals surface area contributed by atoms with Crippen molar-refractivity contribution >= 4 is 17.3 Å². The monoisotopic (exact) mass is 204 g/mol. The molecule has 0 fully saturated rings. The van der Waals surface area contributed by atoms with Crippen LogP contribution in [-0.2, 0) is 4.79 Å². The zero-order valence-electron chi connectivity index (χ0n) is 8.40. The van der Waals surface area contributed by atoms with E-state index in [0.717, 1.165) is 5.69 Å². The van der Waals surface area contributed by atoms with Crippen molar-refractivity contribution < 1.29 is 4.79 Å². The average Bonchev–Trinajstić information content (AvgIpc) is 2.17. The molecule has 0 heterocycles. The molecule has 0 saturated carbocycles. The molecule has 0 aromatic heterocycles. The lowest BCUT2D eigenvalue weighted by molar-refractivity contribution is -0.116. The van der Waals surface area contributed by atoms with E-state index in [1.165, 1.54) is 0 Å². The van der Waals surface area contributed by atoms with Crippen LogP contribution in [0.2, 0.25) is 0 Å². The minimum Gasteiger partial charge on any atom is -0.398 e. The van der Waals surface area contributed by atoms with Gasteiger partial charge in [-0.25, -0.2) is 0 Å². The van der Waals surface area contributed by atoms with Crippen LogP contribution in [0.4, 0.5) is 11.4 Å². The molecule has 1 rings (SSSR count). The molecule has 1 amide bonds. The fraction of sp³-hybridized carbons (Fsp3) is 0.200. The van der Waals surface area contributed by atoms with Gasteiger partial charge in [-0.15, -0.1) is 0 Å². The smallest absolute Gasteiger partial charge is 0.236 e. The third kappa shape index (κ3) is 2.61. The van der Waals surface area contributed by atoms with E-state index in [-0.39, 0.29) is 6.54 Å². The number of nitrogen functional groups attached to an aromatic ring is 1. The van der Waals surface area contributed by atoms with Gasteiger partial charge in [0.1, 0.15) is 6.07 Å². The molecule has 1 aromatic carbocycles. The highest BCUT2D eigenvalue weighted by atomic mass is 16.1. The Morgan fingerprint density at radius 1 is 1.60 bits per heavy atom. The molecule has 0 atom stereocenters. The molecule has 4 N–H and O–H groups in total. The zero-order valence-corrected chi connectivity index (χ0v) is 8.40. The number of likely N-dealkylation sites (N-methyl/N-ethyl adjacent to an activating group) is 1. The number of benzene rings is 1. The number of hydrogen-bond donors (Lipinski definition) is 2. The van der Waals surface area contributed by atoms with Crippen LogP contribution in [0.3, 0.4) is 0 Å². The highest BCUT2D eigenvalue weighted by molar-refractivity contribution is 5.79. The lowest BCUT2D eigenvalue weighted by Gasteiger charge is -2.17. The summed E-state index contributed by atoms with van der Waals surface area (Å²) >= 11 is 0. The molecule has 0 radical (unpaired) electrons. The summed E-state index contributed by atoms with van der Waals surface area (Å²) in [4.78, 5) is 12.4. The first-order valence-electron chi connectivity index (χ1n) is 4.33. The van der Waals surface area contributed by atoms with Gasteiger partial charge in [0.2, 0.25) is 5.91 Å². The van der Waals surface area contributed by atoms with E-state index >= 15 is 0 Å².